The molecule has 0 amide bonds. The first-order valence-corrected chi connectivity index (χ1v) is 18.6. The molecule has 270 valence electrons. The summed E-state index contributed by atoms with van der Waals surface area (Å²) in [7, 11) is 0. The molecule has 0 aromatic heterocycles. The number of carbonyl (C=O) groups is 4. The lowest BCUT2D eigenvalue weighted by Crippen LogP contribution is -2.50. The molecule has 11 rings (SSSR count). The number of ether oxygens (including phenoxy) is 2. The third-order valence-electron chi connectivity index (χ3n) is 13.7. The maximum Gasteiger partial charge on any atom is 0.336 e. The molecule has 8 fully saturated rings. The molecule has 0 saturated heterocycles. The quantitative estimate of drug-likeness (QED) is 0.160. The standard InChI is InChI=1S/C42H42O10/c43-37(44)29-3-1-27(11-31(29)39(47)48)51-35-14-36(52-28-2-4-30(38(45)46)32(12-28)40(49)50)34(42-18-24-8-25(19-42)10-26(9-24)20-42)13-33(35)41-15-21-5-22(16-41)7-23(6-21)17-41/h1-4,11-14,21-26H,5-10,15-20H2,(H,43,44)(H,45,46)(H,47,48)(H,49,50). The van der Waals surface area contributed by atoms with E-state index in [2.05, 4.69) is 6.07 Å². The van der Waals surface area contributed by atoms with Gasteiger partial charge in [-0.2, -0.15) is 0 Å². The summed E-state index contributed by atoms with van der Waals surface area (Å²) >= 11 is 0. The maximum absolute atomic E-state index is 12.2. The fourth-order valence-electron chi connectivity index (χ4n) is 12.6. The fraction of sp³-hybridized carbons (Fsp3) is 0.476. The fourth-order valence-corrected chi connectivity index (χ4v) is 12.6. The molecule has 4 N–H and O–H groups in total. The van der Waals surface area contributed by atoms with Crippen molar-refractivity contribution < 1.29 is 49.1 Å². The molecule has 10 nitrogen and oxygen atoms in total. The van der Waals surface area contributed by atoms with Gasteiger partial charge in [0.2, 0.25) is 0 Å². The van der Waals surface area contributed by atoms with E-state index in [1.165, 1.54) is 74.9 Å². The second kappa shape index (κ2) is 11.8. The van der Waals surface area contributed by atoms with Crippen LogP contribution in [0.5, 0.6) is 23.0 Å². The molecule has 8 aliphatic carbocycles. The molecule has 10 heteroatoms. The van der Waals surface area contributed by atoms with Gasteiger partial charge in [0.15, 0.2) is 0 Å². The first kappa shape index (κ1) is 33.0. The monoisotopic (exact) mass is 706 g/mol. The Morgan fingerprint density at radius 1 is 0.442 bits per heavy atom. The molecular formula is C42H42O10. The lowest BCUT2D eigenvalue weighted by atomic mass is 9.46. The largest absolute Gasteiger partial charge is 0.478 e. The topological polar surface area (TPSA) is 168 Å². The zero-order valence-corrected chi connectivity index (χ0v) is 28.8. The first-order chi connectivity index (χ1) is 24.9. The van der Waals surface area contributed by atoms with Gasteiger partial charge >= 0.3 is 23.9 Å². The highest BCUT2D eigenvalue weighted by atomic mass is 16.5. The summed E-state index contributed by atoms with van der Waals surface area (Å²) in [5.41, 5.74) is 0.520. The molecule has 0 atom stereocenters. The summed E-state index contributed by atoms with van der Waals surface area (Å²) in [6, 6.07) is 12.2. The molecule has 8 bridgehead atoms. The van der Waals surface area contributed by atoms with E-state index in [1.54, 1.807) is 0 Å². The second-order valence-corrected chi connectivity index (χ2v) is 17.1. The number of benzene rings is 3. The van der Waals surface area contributed by atoms with Crippen LogP contribution in [0.25, 0.3) is 0 Å². The van der Waals surface area contributed by atoms with Crippen molar-refractivity contribution in [1.29, 1.82) is 0 Å². The van der Waals surface area contributed by atoms with Crippen LogP contribution in [-0.2, 0) is 10.8 Å². The van der Waals surface area contributed by atoms with E-state index in [4.69, 9.17) is 9.47 Å². The highest BCUT2D eigenvalue weighted by molar-refractivity contribution is 6.02. The van der Waals surface area contributed by atoms with Gasteiger partial charge < -0.3 is 29.9 Å². The molecular weight excluding hydrogens is 664 g/mol. The van der Waals surface area contributed by atoms with Gasteiger partial charge in [0.05, 0.1) is 22.3 Å². The number of hydrogen-bond acceptors (Lipinski definition) is 6. The normalized spacial score (nSPS) is 32.1. The van der Waals surface area contributed by atoms with Crippen molar-refractivity contribution in [2.24, 2.45) is 35.5 Å². The van der Waals surface area contributed by atoms with Crippen LogP contribution in [0.4, 0.5) is 0 Å². The molecule has 52 heavy (non-hydrogen) atoms. The van der Waals surface area contributed by atoms with E-state index >= 15 is 0 Å². The van der Waals surface area contributed by atoms with Gasteiger partial charge in [-0.25, -0.2) is 19.2 Å². The van der Waals surface area contributed by atoms with Gasteiger partial charge in [0, 0.05) is 17.2 Å². The minimum Gasteiger partial charge on any atom is -0.478 e. The van der Waals surface area contributed by atoms with Crippen LogP contribution in [0, 0.1) is 35.5 Å². The zero-order valence-electron chi connectivity index (χ0n) is 28.8. The van der Waals surface area contributed by atoms with Crippen molar-refractivity contribution in [2.75, 3.05) is 0 Å². The van der Waals surface area contributed by atoms with Crippen molar-refractivity contribution in [3.63, 3.8) is 0 Å². The van der Waals surface area contributed by atoms with E-state index in [0.717, 1.165) is 49.7 Å². The Hall–Kier alpha value is -4.86. The Labute approximate surface area is 300 Å². The molecule has 0 unspecified atom stereocenters. The highest BCUT2D eigenvalue weighted by Crippen LogP contribution is 2.66. The Bertz CT molecular complexity index is 1830. The minimum absolute atomic E-state index is 0.129. The van der Waals surface area contributed by atoms with Gasteiger partial charge in [-0.05, 0) is 166 Å². The molecule has 0 radical (unpaired) electrons. The van der Waals surface area contributed by atoms with Crippen molar-refractivity contribution in [1.82, 2.24) is 0 Å². The third-order valence-corrected chi connectivity index (χ3v) is 13.7. The maximum atomic E-state index is 12.2. The molecule has 3 aromatic rings. The van der Waals surface area contributed by atoms with Gasteiger partial charge in [-0.1, -0.05) is 0 Å². The van der Waals surface area contributed by atoms with E-state index in [-0.39, 0.29) is 44.6 Å². The predicted octanol–water partition coefficient (Wildman–Crippen LogP) is 9.00. The summed E-state index contributed by atoms with van der Waals surface area (Å²) in [6.07, 6.45) is 13.8. The Morgan fingerprint density at radius 2 is 0.750 bits per heavy atom. The van der Waals surface area contributed by atoms with Crippen LogP contribution in [-0.4, -0.2) is 44.3 Å². The van der Waals surface area contributed by atoms with Gasteiger partial charge in [0.25, 0.3) is 0 Å². The Balaban J connectivity index is 1.23. The van der Waals surface area contributed by atoms with E-state index < -0.39 is 23.9 Å². The molecule has 3 aromatic carbocycles. The zero-order chi connectivity index (χ0) is 36.1. The van der Waals surface area contributed by atoms with Gasteiger partial charge in [-0.15, -0.1) is 0 Å². The second-order valence-electron chi connectivity index (χ2n) is 17.1. The number of carboxylic acid groups (broad SMARTS) is 4. The average molecular weight is 707 g/mol. The predicted molar refractivity (Wildman–Crippen MR) is 187 cm³/mol. The van der Waals surface area contributed by atoms with Crippen LogP contribution >= 0.6 is 0 Å². The molecule has 8 aliphatic rings. The minimum atomic E-state index is -1.37. The first-order valence-electron chi connectivity index (χ1n) is 18.6. The van der Waals surface area contributed by atoms with Crippen LogP contribution in [0.3, 0.4) is 0 Å². The Kier molecular flexibility index (Phi) is 7.51. The number of rotatable bonds is 10. The Morgan fingerprint density at radius 3 is 1.04 bits per heavy atom. The van der Waals surface area contributed by atoms with E-state index in [0.29, 0.717) is 47.0 Å². The highest BCUT2D eigenvalue weighted by Gasteiger charge is 2.55. The van der Waals surface area contributed by atoms with Crippen LogP contribution in [0.1, 0.15) is 130 Å². The van der Waals surface area contributed by atoms with Gasteiger partial charge in [-0.3, -0.25) is 0 Å². The number of hydrogen-bond donors (Lipinski definition) is 4. The molecule has 0 heterocycles. The molecule has 8 saturated carbocycles. The SMILES string of the molecule is O=C(O)c1ccc(Oc2cc(Oc3ccc(C(=O)O)c(C(=O)O)c3)c(C34CC5CC(CC(C5)C3)C4)cc2C23CC4CC(CC(C4)C2)C3)cc1C(=O)O. The summed E-state index contributed by atoms with van der Waals surface area (Å²) in [5.74, 6) is -0.203. The molecule has 0 spiro atoms. The summed E-state index contributed by atoms with van der Waals surface area (Å²) in [4.78, 5) is 48.0. The van der Waals surface area contributed by atoms with Crippen molar-refractivity contribution >= 4 is 23.9 Å². The van der Waals surface area contributed by atoms with Crippen LogP contribution in [0.15, 0.2) is 48.5 Å². The lowest BCUT2D eigenvalue weighted by molar-refractivity contribution is -0.00939. The lowest BCUT2D eigenvalue weighted by Gasteiger charge is -2.58. The van der Waals surface area contributed by atoms with E-state index in [1.807, 2.05) is 6.07 Å². The number of carboxylic acids is 4. The summed E-state index contributed by atoms with van der Waals surface area (Å²) in [5, 5.41) is 39.2. The van der Waals surface area contributed by atoms with Gasteiger partial charge in [0.1, 0.15) is 23.0 Å². The van der Waals surface area contributed by atoms with Crippen molar-refractivity contribution in [2.45, 2.75) is 87.9 Å². The average Bonchev–Trinajstić information content (AvgIpc) is 3.06. The summed E-state index contributed by atoms with van der Waals surface area (Å²) < 4.78 is 13.4. The number of aromatic carboxylic acids is 4. The molecule has 0 aliphatic heterocycles. The van der Waals surface area contributed by atoms with Crippen molar-refractivity contribution in [3.8, 4) is 23.0 Å². The third kappa shape index (κ3) is 5.44. The van der Waals surface area contributed by atoms with Crippen LogP contribution < -0.4 is 9.47 Å². The van der Waals surface area contributed by atoms with Crippen LogP contribution in [0.2, 0.25) is 0 Å². The van der Waals surface area contributed by atoms with Crippen molar-refractivity contribution in [3.05, 3.63) is 81.9 Å². The summed E-state index contributed by atoms with van der Waals surface area (Å²) in [6.45, 7) is 0. The van der Waals surface area contributed by atoms with E-state index in [9.17, 15) is 39.6 Å². The smallest absolute Gasteiger partial charge is 0.336 e.